The van der Waals surface area contributed by atoms with Gasteiger partial charge < -0.3 is 10.5 Å². The first kappa shape index (κ1) is 20.3. The van der Waals surface area contributed by atoms with Crippen molar-refractivity contribution in [2.24, 2.45) is 5.73 Å². The molecule has 3 rings (SSSR count). The van der Waals surface area contributed by atoms with Gasteiger partial charge >= 0.3 is 0 Å². The van der Waals surface area contributed by atoms with Crippen molar-refractivity contribution in [2.45, 2.75) is 26.2 Å². The third-order valence-electron chi connectivity index (χ3n) is 4.65. The van der Waals surface area contributed by atoms with Crippen molar-refractivity contribution in [3.63, 3.8) is 0 Å². The van der Waals surface area contributed by atoms with Crippen LogP contribution < -0.4 is 10.5 Å². The van der Waals surface area contributed by atoms with E-state index in [-0.39, 0.29) is 5.82 Å². The molecule has 0 aromatic heterocycles. The molecule has 0 bridgehead atoms. The van der Waals surface area contributed by atoms with Gasteiger partial charge in [-0.1, -0.05) is 54.1 Å². The fourth-order valence-corrected chi connectivity index (χ4v) is 3.37. The predicted octanol–water partition coefficient (Wildman–Crippen LogP) is 5.15. The normalized spacial score (nSPS) is 11.0. The number of hydrogen-bond donors (Lipinski definition) is 1. The first-order valence-electron chi connectivity index (χ1n) is 9.15. The molecule has 0 aliphatic rings. The van der Waals surface area contributed by atoms with Gasteiger partial charge in [0.15, 0.2) is 0 Å². The maximum Gasteiger partial charge on any atom is 0.129 e. The summed E-state index contributed by atoms with van der Waals surface area (Å²) in [5.41, 5.74) is 9.50. The molecule has 0 saturated carbocycles. The molecule has 0 fully saturated rings. The Morgan fingerprint density at radius 1 is 0.893 bits per heavy atom. The summed E-state index contributed by atoms with van der Waals surface area (Å²) in [5.74, 6) is 0.510. The Morgan fingerprint density at radius 2 is 1.57 bits per heavy atom. The second-order valence-electron chi connectivity index (χ2n) is 6.72. The Hall–Kier alpha value is -2.40. The highest BCUT2D eigenvalue weighted by Gasteiger charge is 2.14. The molecule has 5 heteroatoms. The van der Waals surface area contributed by atoms with Crippen LogP contribution >= 0.6 is 11.6 Å². The van der Waals surface area contributed by atoms with E-state index >= 15 is 0 Å². The molecule has 0 aliphatic heterocycles. The van der Waals surface area contributed by atoms with E-state index in [2.05, 4.69) is 17.0 Å². The van der Waals surface area contributed by atoms with E-state index in [1.165, 1.54) is 6.07 Å². The van der Waals surface area contributed by atoms with E-state index in [1.54, 1.807) is 19.2 Å². The lowest BCUT2D eigenvalue weighted by molar-refractivity contribution is 0.244. The van der Waals surface area contributed by atoms with Crippen molar-refractivity contribution >= 4 is 11.6 Å². The zero-order valence-electron chi connectivity index (χ0n) is 15.9. The Kier molecular flexibility index (Phi) is 7.04. The fraction of sp³-hybridized carbons (Fsp3) is 0.217. The van der Waals surface area contributed by atoms with Crippen LogP contribution in [0.3, 0.4) is 0 Å². The smallest absolute Gasteiger partial charge is 0.129 e. The Balaban J connectivity index is 1.85. The summed E-state index contributed by atoms with van der Waals surface area (Å²) in [7, 11) is 1.65. The number of halogens is 2. The lowest BCUT2D eigenvalue weighted by atomic mass is 10.1. The zero-order chi connectivity index (χ0) is 19.9. The Bertz CT molecular complexity index is 894. The molecule has 3 aromatic carbocycles. The van der Waals surface area contributed by atoms with Crippen molar-refractivity contribution in [2.75, 3.05) is 7.11 Å². The Labute approximate surface area is 170 Å². The van der Waals surface area contributed by atoms with Crippen LogP contribution in [0.1, 0.15) is 22.3 Å². The van der Waals surface area contributed by atoms with Crippen molar-refractivity contribution in [1.82, 2.24) is 4.90 Å². The van der Waals surface area contributed by atoms with Gasteiger partial charge in [-0.3, -0.25) is 4.90 Å². The van der Waals surface area contributed by atoms with Crippen LogP contribution in [0, 0.1) is 5.82 Å². The van der Waals surface area contributed by atoms with Gasteiger partial charge in [0.1, 0.15) is 11.6 Å². The predicted molar refractivity (Wildman–Crippen MR) is 112 cm³/mol. The number of ether oxygens (including phenoxy) is 1. The number of benzene rings is 3. The third kappa shape index (κ3) is 5.32. The van der Waals surface area contributed by atoms with E-state index < -0.39 is 0 Å². The standard InChI is InChI=1S/C23H24ClFN2O/c1-28-20-5-2-4-19(12-20)15-27(14-18-10-8-17(13-26)9-11-18)16-21-22(24)6-3-7-23(21)25/h2-12H,13-16,26H2,1H3. The summed E-state index contributed by atoms with van der Waals surface area (Å²) in [5, 5.41) is 0.439. The van der Waals surface area contributed by atoms with Gasteiger partial charge in [0.25, 0.3) is 0 Å². The van der Waals surface area contributed by atoms with Gasteiger partial charge in [0.05, 0.1) is 7.11 Å². The highest BCUT2D eigenvalue weighted by molar-refractivity contribution is 6.31. The SMILES string of the molecule is COc1cccc(CN(Cc2ccc(CN)cc2)Cc2c(F)cccc2Cl)c1. The van der Waals surface area contributed by atoms with Crippen LogP contribution in [0.5, 0.6) is 5.75 Å². The van der Waals surface area contributed by atoms with Crippen molar-refractivity contribution in [1.29, 1.82) is 0 Å². The van der Waals surface area contributed by atoms with Crippen LogP contribution in [0.15, 0.2) is 66.7 Å². The summed E-state index contributed by atoms with van der Waals surface area (Å²) >= 11 is 6.27. The molecule has 0 heterocycles. The maximum atomic E-state index is 14.4. The second kappa shape index (κ2) is 9.69. The summed E-state index contributed by atoms with van der Waals surface area (Å²) in [4.78, 5) is 2.16. The van der Waals surface area contributed by atoms with E-state index in [1.807, 2.05) is 36.4 Å². The number of methoxy groups -OCH3 is 1. The molecule has 3 aromatic rings. The van der Waals surface area contributed by atoms with Gasteiger partial charge in [0, 0.05) is 36.8 Å². The highest BCUT2D eigenvalue weighted by atomic mass is 35.5. The second-order valence-corrected chi connectivity index (χ2v) is 7.12. The highest BCUT2D eigenvalue weighted by Crippen LogP contribution is 2.24. The Morgan fingerprint density at radius 3 is 2.25 bits per heavy atom. The molecule has 3 nitrogen and oxygen atoms in total. The topological polar surface area (TPSA) is 38.5 Å². The number of nitrogens with zero attached hydrogens (tertiary/aromatic N) is 1. The zero-order valence-corrected chi connectivity index (χ0v) is 16.6. The lowest BCUT2D eigenvalue weighted by Crippen LogP contribution is -2.23. The monoisotopic (exact) mass is 398 g/mol. The van der Waals surface area contributed by atoms with Gasteiger partial charge in [0.2, 0.25) is 0 Å². The number of hydrogen-bond acceptors (Lipinski definition) is 3. The van der Waals surface area contributed by atoms with Crippen molar-refractivity contribution in [3.05, 3.63) is 99.8 Å². The molecule has 0 amide bonds. The minimum Gasteiger partial charge on any atom is -0.497 e. The minimum absolute atomic E-state index is 0.290. The first-order valence-corrected chi connectivity index (χ1v) is 9.53. The molecule has 146 valence electrons. The van der Waals surface area contributed by atoms with Crippen LogP contribution in [-0.4, -0.2) is 12.0 Å². The molecule has 2 N–H and O–H groups in total. The average molecular weight is 399 g/mol. The molecular weight excluding hydrogens is 375 g/mol. The van der Waals surface area contributed by atoms with Gasteiger partial charge in [-0.25, -0.2) is 4.39 Å². The van der Waals surface area contributed by atoms with E-state index in [9.17, 15) is 4.39 Å². The van der Waals surface area contributed by atoms with Crippen LogP contribution in [0.2, 0.25) is 5.02 Å². The first-order chi connectivity index (χ1) is 13.6. The van der Waals surface area contributed by atoms with Crippen LogP contribution in [0.4, 0.5) is 4.39 Å². The van der Waals surface area contributed by atoms with Crippen molar-refractivity contribution < 1.29 is 9.13 Å². The molecule has 28 heavy (non-hydrogen) atoms. The summed E-state index contributed by atoms with van der Waals surface area (Å²) in [6, 6.07) is 20.9. The van der Waals surface area contributed by atoms with E-state index in [0.29, 0.717) is 36.8 Å². The maximum absolute atomic E-state index is 14.4. The fourth-order valence-electron chi connectivity index (χ4n) is 3.14. The van der Waals surface area contributed by atoms with Gasteiger partial charge in [-0.2, -0.15) is 0 Å². The molecule has 0 saturated heterocycles. The molecule has 0 radical (unpaired) electrons. The van der Waals surface area contributed by atoms with E-state index in [4.69, 9.17) is 22.1 Å². The van der Waals surface area contributed by atoms with E-state index in [0.717, 1.165) is 22.4 Å². The molecule has 0 spiro atoms. The third-order valence-corrected chi connectivity index (χ3v) is 5.00. The number of rotatable bonds is 8. The quantitative estimate of drug-likeness (QED) is 0.570. The van der Waals surface area contributed by atoms with Gasteiger partial charge in [-0.05, 0) is 41.0 Å². The molecule has 0 unspecified atom stereocenters. The summed E-state index contributed by atoms with van der Waals surface area (Å²) in [6.07, 6.45) is 0. The van der Waals surface area contributed by atoms with Crippen LogP contribution in [0.25, 0.3) is 0 Å². The minimum atomic E-state index is -0.290. The van der Waals surface area contributed by atoms with Crippen LogP contribution in [-0.2, 0) is 26.2 Å². The summed E-state index contributed by atoms with van der Waals surface area (Å²) in [6.45, 7) is 2.22. The largest absolute Gasteiger partial charge is 0.497 e. The number of nitrogens with two attached hydrogens (primary N) is 1. The molecular formula is C23H24ClFN2O. The van der Waals surface area contributed by atoms with Gasteiger partial charge in [-0.15, -0.1) is 0 Å². The average Bonchev–Trinajstić information content (AvgIpc) is 2.71. The summed E-state index contributed by atoms with van der Waals surface area (Å²) < 4.78 is 19.7. The molecule has 0 atom stereocenters. The lowest BCUT2D eigenvalue weighted by Gasteiger charge is -2.24. The molecule has 0 aliphatic carbocycles. The van der Waals surface area contributed by atoms with Crippen molar-refractivity contribution in [3.8, 4) is 5.75 Å².